The lowest BCUT2D eigenvalue weighted by atomic mass is 10.2. The van der Waals surface area contributed by atoms with Gasteiger partial charge in [0, 0.05) is 12.1 Å². The normalized spacial score (nSPS) is 11.1. The van der Waals surface area contributed by atoms with Crippen LogP contribution in [0.1, 0.15) is 41.6 Å². The van der Waals surface area contributed by atoms with E-state index < -0.39 is 5.82 Å². The minimum absolute atomic E-state index is 0.296. The van der Waals surface area contributed by atoms with Gasteiger partial charge in [-0.05, 0) is 43.7 Å². The van der Waals surface area contributed by atoms with Crippen LogP contribution in [0.4, 0.5) is 10.1 Å². The molecule has 0 bridgehead atoms. The lowest BCUT2D eigenvalue weighted by Gasteiger charge is -2.07. The minimum Gasteiger partial charge on any atom is -0.342 e. The second kappa shape index (κ2) is 7.87. The number of rotatable bonds is 6. The number of anilines is 1. The van der Waals surface area contributed by atoms with E-state index in [2.05, 4.69) is 27.3 Å². The van der Waals surface area contributed by atoms with E-state index in [-0.39, 0.29) is 5.91 Å². The Balaban J connectivity index is 1.56. The molecule has 0 saturated carbocycles. The number of unbranched alkanes of at least 4 members (excludes halogenated alkanes) is 1. The summed E-state index contributed by atoms with van der Waals surface area (Å²) in [7, 11) is 0. The molecule has 0 spiro atoms. The van der Waals surface area contributed by atoms with Crippen molar-refractivity contribution in [3.8, 4) is 5.69 Å². The molecule has 0 aliphatic rings. The van der Waals surface area contributed by atoms with Gasteiger partial charge in [-0.1, -0.05) is 25.5 Å². The highest BCUT2D eigenvalue weighted by atomic mass is 19.1. The van der Waals surface area contributed by atoms with Gasteiger partial charge >= 0.3 is 0 Å². The molecule has 2 heterocycles. The number of amides is 1. The van der Waals surface area contributed by atoms with Crippen LogP contribution in [0.15, 0.2) is 48.7 Å². The number of benzene rings is 2. The molecule has 4 aromatic rings. The van der Waals surface area contributed by atoms with Gasteiger partial charge < -0.3 is 10.3 Å². The van der Waals surface area contributed by atoms with Gasteiger partial charge in [0.2, 0.25) is 0 Å². The Morgan fingerprint density at radius 3 is 2.86 bits per heavy atom. The van der Waals surface area contributed by atoms with Crippen LogP contribution < -0.4 is 5.32 Å². The molecule has 4 rings (SSSR count). The van der Waals surface area contributed by atoms with E-state index in [1.807, 2.05) is 18.2 Å². The second-order valence-corrected chi connectivity index (χ2v) is 6.98. The molecule has 6 nitrogen and oxygen atoms in total. The van der Waals surface area contributed by atoms with Gasteiger partial charge in [0.15, 0.2) is 0 Å². The van der Waals surface area contributed by atoms with Gasteiger partial charge in [-0.2, -0.15) is 5.10 Å². The summed E-state index contributed by atoms with van der Waals surface area (Å²) >= 11 is 0. The predicted octanol–water partition coefficient (Wildman–Crippen LogP) is 4.79. The highest BCUT2D eigenvalue weighted by Gasteiger charge is 2.17. The summed E-state index contributed by atoms with van der Waals surface area (Å²) in [6.07, 6.45) is 4.54. The summed E-state index contributed by atoms with van der Waals surface area (Å²) in [4.78, 5) is 20.6. The standard InChI is InChI=1S/C22H22FN5O/c1-3-4-9-21-26-18-11-10-15(12-19(18)27-21)25-22(29)16-13-24-28(14(16)2)20-8-6-5-7-17(20)23/h5-8,10-13H,3-4,9H2,1-2H3,(H,25,29)(H,26,27). The zero-order valence-electron chi connectivity index (χ0n) is 16.4. The summed E-state index contributed by atoms with van der Waals surface area (Å²) in [5.74, 6) is 0.261. The van der Waals surface area contributed by atoms with Crippen LogP contribution in [0.2, 0.25) is 0 Å². The van der Waals surface area contributed by atoms with E-state index in [4.69, 9.17) is 0 Å². The van der Waals surface area contributed by atoms with Crippen molar-refractivity contribution < 1.29 is 9.18 Å². The smallest absolute Gasteiger partial charge is 0.259 e. The number of carbonyl (C=O) groups is 1. The Kier molecular flexibility index (Phi) is 5.12. The number of halogens is 1. The molecule has 0 aliphatic heterocycles. The molecule has 2 aromatic heterocycles. The monoisotopic (exact) mass is 391 g/mol. The molecule has 2 aromatic carbocycles. The quantitative estimate of drug-likeness (QED) is 0.496. The zero-order valence-corrected chi connectivity index (χ0v) is 16.4. The van der Waals surface area contributed by atoms with Crippen LogP contribution in [0.3, 0.4) is 0 Å². The van der Waals surface area contributed by atoms with Gasteiger partial charge in [-0.3, -0.25) is 4.79 Å². The Hall–Kier alpha value is -3.48. The average Bonchev–Trinajstić information content (AvgIpc) is 3.29. The fraction of sp³-hybridized carbons (Fsp3) is 0.227. The fourth-order valence-electron chi connectivity index (χ4n) is 3.30. The first-order valence-electron chi connectivity index (χ1n) is 9.66. The van der Waals surface area contributed by atoms with E-state index in [1.165, 1.54) is 16.9 Å². The van der Waals surface area contributed by atoms with Gasteiger partial charge in [0.25, 0.3) is 5.91 Å². The van der Waals surface area contributed by atoms with E-state index in [0.29, 0.717) is 22.6 Å². The molecule has 2 N–H and O–H groups in total. The van der Waals surface area contributed by atoms with Crippen LogP contribution in [0.25, 0.3) is 16.7 Å². The van der Waals surface area contributed by atoms with E-state index >= 15 is 0 Å². The Bertz CT molecular complexity index is 1180. The molecule has 7 heteroatoms. The highest BCUT2D eigenvalue weighted by Crippen LogP contribution is 2.21. The van der Waals surface area contributed by atoms with E-state index in [1.54, 1.807) is 25.1 Å². The number of aromatic nitrogens is 4. The largest absolute Gasteiger partial charge is 0.342 e. The molecule has 29 heavy (non-hydrogen) atoms. The average molecular weight is 391 g/mol. The van der Waals surface area contributed by atoms with Crippen molar-refractivity contribution >= 4 is 22.6 Å². The van der Waals surface area contributed by atoms with Crippen LogP contribution in [-0.4, -0.2) is 25.7 Å². The number of aromatic amines is 1. The van der Waals surface area contributed by atoms with Crippen molar-refractivity contribution in [3.05, 3.63) is 71.6 Å². The minimum atomic E-state index is -0.394. The summed E-state index contributed by atoms with van der Waals surface area (Å²) in [5.41, 5.74) is 3.68. The number of carbonyl (C=O) groups excluding carboxylic acids is 1. The Morgan fingerprint density at radius 2 is 2.07 bits per heavy atom. The van der Waals surface area contributed by atoms with Gasteiger partial charge in [-0.15, -0.1) is 0 Å². The topological polar surface area (TPSA) is 75.6 Å². The third kappa shape index (κ3) is 3.76. The molecule has 0 unspecified atom stereocenters. The Morgan fingerprint density at radius 1 is 1.24 bits per heavy atom. The van der Waals surface area contributed by atoms with Crippen LogP contribution >= 0.6 is 0 Å². The molecule has 0 saturated heterocycles. The van der Waals surface area contributed by atoms with Crippen molar-refractivity contribution in [2.75, 3.05) is 5.32 Å². The summed E-state index contributed by atoms with van der Waals surface area (Å²) in [6, 6.07) is 11.9. The maximum atomic E-state index is 14.1. The molecule has 0 radical (unpaired) electrons. The molecule has 0 aliphatic carbocycles. The third-order valence-corrected chi connectivity index (χ3v) is 4.89. The summed E-state index contributed by atoms with van der Waals surface area (Å²) in [6.45, 7) is 3.89. The second-order valence-electron chi connectivity index (χ2n) is 6.98. The predicted molar refractivity (Wildman–Crippen MR) is 111 cm³/mol. The number of aryl methyl sites for hydroxylation is 1. The maximum Gasteiger partial charge on any atom is 0.259 e. The van der Waals surface area contributed by atoms with Gasteiger partial charge in [-0.25, -0.2) is 14.1 Å². The molecule has 0 atom stereocenters. The lowest BCUT2D eigenvalue weighted by Crippen LogP contribution is -2.13. The van der Waals surface area contributed by atoms with E-state index in [0.717, 1.165) is 36.1 Å². The summed E-state index contributed by atoms with van der Waals surface area (Å²) < 4.78 is 15.5. The van der Waals surface area contributed by atoms with Gasteiger partial charge in [0.05, 0.1) is 28.5 Å². The van der Waals surface area contributed by atoms with Crippen LogP contribution in [0, 0.1) is 12.7 Å². The van der Waals surface area contributed by atoms with Crippen molar-refractivity contribution in [1.82, 2.24) is 19.7 Å². The summed E-state index contributed by atoms with van der Waals surface area (Å²) in [5, 5.41) is 7.08. The SMILES string of the molecule is CCCCc1nc2ccc(NC(=O)c3cnn(-c4ccccc4F)c3C)cc2[nH]1. The molecular weight excluding hydrogens is 369 g/mol. The number of nitrogens with one attached hydrogen (secondary N) is 2. The van der Waals surface area contributed by atoms with Crippen LogP contribution in [0.5, 0.6) is 0 Å². The van der Waals surface area contributed by atoms with Crippen molar-refractivity contribution in [2.24, 2.45) is 0 Å². The first kappa shape index (κ1) is 18.9. The van der Waals surface area contributed by atoms with E-state index in [9.17, 15) is 9.18 Å². The Labute approximate surface area is 167 Å². The highest BCUT2D eigenvalue weighted by molar-refractivity contribution is 6.05. The van der Waals surface area contributed by atoms with Crippen LogP contribution in [-0.2, 0) is 6.42 Å². The molecule has 148 valence electrons. The third-order valence-electron chi connectivity index (χ3n) is 4.89. The molecule has 1 amide bonds. The van der Waals surface area contributed by atoms with Crippen molar-refractivity contribution in [3.63, 3.8) is 0 Å². The molecule has 0 fully saturated rings. The zero-order chi connectivity index (χ0) is 20.4. The first-order chi connectivity index (χ1) is 14.1. The number of H-pyrrole nitrogens is 1. The fourth-order valence-corrected chi connectivity index (χ4v) is 3.30. The molecular formula is C22H22FN5O. The van der Waals surface area contributed by atoms with Gasteiger partial charge in [0.1, 0.15) is 17.3 Å². The van der Waals surface area contributed by atoms with Crippen molar-refractivity contribution in [2.45, 2.75) is 33.1 Å². The number of imidazole rings is 1. The van der Waals surface area contributed by atoms with Crippen molar-refractivity contribution in [1.29, 1.82) is 0 Å². The number of fused-ring (bicyclic) bond motifs is 1. The lowest BCUT2D eigenvalue weighted by molar-refractivity contribution is 0.102. The number of nitrogens with zero attached hydrogens (tertiary/aromatic N) is 3. The maximum absolute atomic E-state index is 14.1. The number of para-hydroxylation sites is 1. The first-order valence-corrected chi connectivity index (χ1v) is 9.66. The number of hydrogen-bond donors (Lipinski definition) is 2. The number of hydrogen-bond acceptors (Lipinski definition) is 3.